The number of carbonyl (C=O) groups is 2. The molecule has 0 bridgehead atoms. The van der Waals surface area contributed by atoms with Crippen LogP contribution in [-0.2, 0) is 15.7 Å². The van der Waals surface area contributed by atoms with E-state index in [0.29, 0.717) is 0 Å². The second kappa shape index (κ2) is 6.96. The molecule has 0 saturated carbocycles. The minimum atomic E-state index is -4.62. The number of halogens is 3. The van der Waals surface area contributed by atoms with E-state index >= 15 is 0 Å². The summed E-state index contributed by atoms with van der Waals surface area (Å²) in [4.78, 5) is 24.1. The number of ether oxygens (including phenoxy) is 1. The summed E-state index contributed by atoms with van der Waals surface area (Å²) < 4.78 is 48.6. The Morgan fingerprint density at radius 3 is 2.44 bits per heavy atom. The van der Waals surface area contributed by atoms with Crippen LogP contribution in [0, 0.1) is 13.8 Å². The molecule has 0 aliphatic rings. The number of anilines is 1. The number of amides is 1. The molecule has 0 aliphatic carbocycles. The van der Waals surface area contributed by atoms with Crippen molar-refractivity contribution in [2.45, 2.75) is 33.1 Å². The zero-order valence-electron chi connectivity index (χ0n) is 13.6. The molecule has 1 heterocycles. The Hall–Kier alpha value is -2.84. The molecule has 1 aromatic carbocycles. The third kappa shape index (κ3) is 4.17. The van der Waals surface area contributed by atoms with Crippen molar-refractivity contribution in [2.75, 3.05) is 5.32 Å². The van der Waals surface area contributed by atoms with Crippen molar-refractivity contribution < 1.29 is 32.0 Å². The van der Waals surface area contributed by atoms with Gasteiger partial charge in [-0.1, -0.05) is 17.3 Å². The fourth-order valence-corrected chi connectivity index (χ4v) is 2.12. The maximum atomic E-state index is 12.9. The second-order valence-electron chi connectivity index (χ2n) is 5.28. The van der Waals surface area contributed by atoms with Crippen molar-refractivity contribution >= 4 is 17.6 Å². The van der Waals surface area contributed by atoms with Crippen molar-refractivity contribution in [3.63, 3.8) is 0 Å². The van der Waals surface area contributed by atoms with Crippen LogP contribution in [0.3, 0.4) is 0 Å². The number of para-hydroxylation sites is 1. The zero-order valence-corrected chi connectivity index (χ0v) is 13.6. The van der Waals surface area contributed by atoms with Crippen LogP contribution in [0.1, 0.15) is 34.3 Å². The van der Waals surface area contributed by atoms with Crippen molar-refractivity contribution in [3.8, 4) is 0 Å². The van der Waals surface area contributed by atoms with Gasteiger partial charge < -0.3 is 14.6 Å². The molecule has 6 nitrogen and oxygen atoms in total. The number of alkyl halides is 3. The van der Waals surface area contributed by atoms with Gasteiger partial charge in [-0.15, -0.1) is 0 Å². The lowest BCUT2D eigenvalue weighted by Crippen LogP contribution is -2.31. The fourth-order valence-electron chi connectivity index (χ4n) is 2.12. The lowest BCUT2D eigenvalue weighted by Gasteiger charge is -2.16. The highest BCUT2D eigenvalue weighted by molar-refractivity contribution is 5.98. The normalized spacial score (nSPS) is 12.6. The molecule has 0 aliphatic heterocycles. The lowest BCUT2D eigenvalue weighted by molar-refractivity contribution is -0.137. The lowest BCUT2D eigenvalue weighted by atomic mass is 10.1. The number of nitrogens with zero attached hydrogens (tertiary/aromatic N) is 1. The van der Waals surface area contributed by atoms with Gasteiger partial charge in [0, 0.05) is 0 Å². The van der Waals surface area contributed by atoms with Crippen LogP contribution >= 0.6 is 0 Å². The van der Waals surface area contributed by atoms with Crippen LogP contribution in [0.2, 0.25) is 0 Å². The Morgan fingerprint density at radius 2 is 1.88 bits per heavy atom. The van der Waals surface area contributed by atoms with Crippen molar-refractivity contribution in [3.05, 3.63) is 46.8 Å². The maximum absolute atomic E-state index is 12.9. The molecule has 2 aromatic rings. The van der Waals surface area contributed by atoms with Gasteiger partial charge in [0.2, 0.25) is 0 Å². The topological polar surface area (TPSA) is 81.4 Å². The highest BCUT2D eigenvalue weighted by Gasteiger charge is 2.34. The number of aryl methyl sites for hydroxylation is 2. The van der Waals surface area contributed by atoms with Crippen LogP contribution in [0.4, 0.5) is 18.9 Å². The summed E-state index contributed by atoms with van der Waals surface area (Å²) in [6.45, 7) is 4.28. The van der Waals surface area contributed by atoms with E-state index in [2.05, 4.69) is 10.5 Å². The highest BCUT2D eigenvalue weighted by atomic mass is 19.4. The Balaban J connectivity index is 2.11. The Bertz CT molecular complexity index is 779. The molecule has 134 valence electrons. The largest absolute Gasteiger partial charge is 0.449 e. The van der Waals surface area contributed by atoms with Gasteiger partial charge in [-0.05, 0) is 32.9 Å². The molecule has 1 aromatic heterocycles. The van der Waals surface area contributed by atoms with Crippen LogP contribution in [-0.4, -0.2) is 23.1 Å². The van der Waals surface area contributed by atoms with Crippen LogP contribution in [0.25, 0.3) is 0 Å². The average Bonchev–Trinajstić information content (AvgIpc) is 2.85. The molecular weight excluding hydrogens is 341 g/mol. The van der Waals surface area contributed by atoms with E-state index in [1.54, 1.807) is 0 Å². The molecule has 1 amide bonds. The number of esters is 1. The highest BCUT2D eigenvalue weighted by Crippen LogP contribution is 2.34. The predicted molar refractivity (Wildman–Crippen MR) is 80.9 cm³/mol. The van der Waals surface area contributed by atoms with Gasteiger partial charge >= 0.3 is 12.1 Å². The minimum Gasteiger partial charge on any atom is -0.449 e. The van der Waals surface area contributed by atoms with E-state index in [4.69, 9.17) is 9.26 Å². The maximum Gasteiger partial charge on any atom is 0.418 e. The van der Waals surface area contributed by atoms with E-state index in [1.807, 2.05) is 0 Å². The predicted octanol–water partition coefficient (Wildman–Crippen LogP) is 3.49. The van der Waals surface area contributed by atoms with Crippen LogP contribution in [0.5, 0.6) is 0 Å². The standard InChI is InChI=1S/C16H15F3N2O4/c1-8-13(9(2)25-21-8)15(23)24-10(3)14(22)20-12-7-5-4-6-11(12)16(17,18)19/h4-7,10H,1-3H3,(H,20,22)/t10-/m0/s1. The first-order valence-corrected chi connectivity index (χ1v) is 7.22. The molecule has 2 rings (SSSR count). The first-order chi connectivity index (χ1) is 11.6. The molecule has 1 atom stereocenters. The number of hydrogen-bond acceptors (Lipinski definition) is 5. The van der Waals surface area contributed by atoms with E-state index < -0.39 is 35.4 Å². The van der Waals surface area contributed by atoms with Crippen LogP contribution < -0.4 is 5.32 Å². The molecular formula is C16H15F3N2O4. The SMILES string of the molecule is Cc1noc(C)c1C(=O)O[C@@H](C)C(=O)Nc1ccccc1C(F)(F)F. The van der Waals surface area contributed by atoms with Gasteiger partial charge in [0.15, 0.2) is 6.10 Å². The van der Waals surface area contributed by atoms with Gasteiger partial charge in [-0.25, -0.2) is 4.79 Å². The van der Waals surface area contributed by atoms with Gasteiger partial charge in [-0.2, -0.15) is 13.2 Å². The molecule has 0 unspecified atom stereocenters. The summed E-state index contributed by atoms with van der Waals surface area (Å²) in [5, 5.41) is 5.72. The first-order valence-electron chi connectivity index (χ1n) is 7.22. The Morgan fingerprint density at radius 1 is 1.24 bits per heavy atom. The summed E-state index contributed by atoms with van der Waals surface area (Å²) >= 11 is 0. The summed E-state index contributed by atoms with van der Waals surface area (Å²) in [6, 6.07) is 4.52. The van der Waals surface area contributed by atoms with E-state index in [9.17, 15) is 22.8 Å². The van der Waals surface area contributed by atoms with E-state index in [1.165, 1.54) is 32.9 Å². The monoisotopic (exact) mass is 356 g/mol. The number of hydrogen-bond donors (Lipinski definition) is 1. The minimum absolute atomic E-state index is 0.0790. The quantitative estimate of drug-likeness (QED) is 0.848. The molecule has 0 spiro atoms. The summed E-state index contributed by atoms with van der Waals surface area (Å²) in [5.74, 6) is -1.52. The molecule has 0 fully saturated rings. The van der Waals surface area contributed by atoms with Gasteiger partial charge in [0.1, 0.15) is 11.3 Å². The number of benzene rings is 1. The van der Waals surface area contributed by atoms with E-state index in [-0.39, 0.29) is 17.0 Å². The Kier molecular flexibility index (Phi) is 5.15. The summed E-state index contributed by atoms with van der Waals surface area (Å²) in [7, 11) is 0. The molecule has 25 heavy (non-hydrogen) atoms. The summed E-state index contributed by atoms with van der Waals surface area (Å²) in [6.07, 6.45) is -5.94. The van der Waals surface area contributed by atoms with Crippen molar-refractivity contribution in [1.82, 2.24) is 5.16 Å². The number of rotatable bonds is 4. The molecule has 0 saturated heterocycles. The zero-order chi connectivity index (χ0) is 18.8. The third-order valence-electron chi connectivity index (χ3n) is 3.38. The number of aromatic nitrogens is 1. The summed E-state index contributed by atoms with van der Waals surface area (Å²) in [5.41, 5.74) is -1.04. The van der Waals surface area contributed by atoms with Gasteiger partial charge in [-0.3, -0.25) is 4.79 Å². The second-order valence-corrected chi connectivity index (χ2v) is 5.28. The number of carbonyl (C=O) groups excluding carboxylic acids is 2. The molecule has 1 N–H and O–H groups in total. The Labute approximate surface area is 140 Å². The molecule has 0 radical (unpaired) electrons. The first kappa shape index (κ1) is 18.5. The van der Waals surface area contributed by atoms with Gasteiger partial charge in [0.25, 0.3) is 5.91 Å². The van der Waals surface area contributed by atoms with Crippen molar-refractivity contribution in [1.29, 1.82) is 0 Å². The third-order valence-corrected chi connectivity index (χ3v) is 3.38. The van der Waals surface area contributed by atoms with Crippen LogP contribution in [0.15, 0.2) is 28.8 Å². The fraction of sp³-hybridized carbons (Fsp3) is 0.312. The van der Waals surface area contributed by atoms with E-state index in [0.717, 1.165) is 12.1 Å². The average molecular weight is 356 g/mol. The van der Waals surface area contributed by atoms with Crippen molar-refractivity contribution in [2.24, 2.45) is 0 Å². The molecule has 9 heteroatoms. The smallest absolute Gasteiger partial charge is 0.418 e. The van der Waals surface area contributed by atoms with Gasteiger partial charge in [0.05, 0.1) is 16.9 Å². The number of nitrogens with one attached hydrogen (secondary N) is 1.